The number of carbonyl (C=O) groups excluding carboxylic acids is 2. The van der Waals surface area contributed by atoms with Gasteiger partial charge in [-0.15, -0.1) is 0 Å². The molecule has 138 valence electrons. The standard InChI is InChI=1S/C19H30N4O2/c1-3-8-17(22-18(24)16(20)4-2)19(25)21-14-9-7-10-15(13-14)23-11-5-6-12-23/h7,9-10,13,16-17H,3-6,8,11-12,20H2,1-2H3,(H,21,25)(H,22,24)/t16-,17?/m0/s1. The summed E-state index contributed by atoms with van der Waals surface area (Å²) in [4.78, 5) is 26.9. The fourth-order valence-electron chi connectivity index (χ4n) is 3.01. The summed E-state index contributed by atoms with van der Waals surface area (Å²) in [5.74, 6) is -0.473. The van der Waals surface area contributed by atoms with Crippen LogP contribution in [0.15, 0.2) is 24.3 Å². The van der Waals surface area contributed by atoms with Crippen LogP contribution in [0.2, 0.25) is 0 Å². The minimum absolute atomic E-state index is 0.197. The van der Waals surface area contributed by atoms with Gasteiger partial charge in [-0.1, -0.05) is 26.3 Å². The molecule has 1 aliphatic rings. The Kier molecular flexibility index (Phi) is 7.25. The normalized spacial score (nSPS) is 16.4. The lowest BCUT2D eigenvalue weighted by molar-refractivity contribution is -0.127. The van der Waals surface area contributed by atoms with E-state index >= 15 is 0 Å². The summed E-state index contributed by atoms with van der Waals surface area (Å²) < 4.78 is 0. The quantitative estimate of drug-likeness (QED) is 0.674. The van der Waals surface area contributed by atoms with Crippen molar-refractivity contribution >= 4 is 23.2 Å². The number of amides is 2. The second-order valence-corrected chi connectivity index (χ2v) is 6.60. The maximum atomic E-state index is 12.6. The molecule has 0 aromatic heterocycles. The third-order valence-electron chi connectivity index (χ3n) is 4.57. The van der Waals surface area contributed by atoms with E-state index in [4.69, 9.17) is 5.73 Å². The zero-order chi connectivity index (χ0) is 18.2. The van der Waals surface area contributed by atoms with Crippen molar-refractivity contribution in [2.45, 2.75) is 58.0 Å². The highest BCUT2D eigenvalue weighted by molar-refractivity contribution is 5.98. The maximum absolute atomic E-state index is 12.6. The Balaban J connectivity index is 2.02. The molecule has 1 unspecified atom stereocenters. The third-order valence-corrected chi connectivity index (χ3v) is 4.57. The van der Waals surface area contributed by atoms with Crippen LogP contribution in [-0.4, -0.2) is 37.0 Å². The topological polar surface area (TPSA) is 87.5 Å². The molecule has 2 amide bonds. The lowest BCUT2D eigenvalue weighted by atomic mass is 10.1. The predicted molar refractivity (Wildman–Crippen MR) is 102 cm³/mol. The van der Waals surface area contributed by atoms with Gasteiger partial charge in [-0.25, -0.2) is 0 Å². The number of anilines is 2. The van der Waals surface area contributed by atoms with Crippen LogP contribution in [0.25, 0.3) is 0 Å². The molecule has 1 fully saturated rings. The minimum Gasteiger partial charge on any atom is -0.371 e. The molecule has 1 aliphatic heterocycles. The highest BCUT2D eigenvalue weighted by Gasteiger charge is 2.22. The van der Waals surface area contributed by atoms with Crippen molar-refractivity contribution in [3.63, 3.8) is 0 Å². The van der Waals surface area contributed by atoms with Crippen LogP contribution >= 0.6 is 0 Å². The Morgan fingerprint density at radius 3 is 2.56 bits per heavy atom. The van der Waals surface area contributed by atoms with Gasteiger partial charge in [0.05, 0.1) is 6.04 Å². The Labute approximate surface area is 150 Å². The molecular weight excluding hydrogens is 316 g/mol. The predicted octanol–water partition coefficient (Wildman–Crippen LogP) is 2.25. The number of nitrogens with two attached hydrogens (primary N) is 1. The first kappa shape index (κ1) is 19.2. The molecule has 2 atom stereocenters. The number of carbonyl (C=O) groups is 2. The van der Waals surface area contributed by atoms with Crippen LogP contribution in [0.3, 0.4) is 0 Å². The van der Waals surface area contributed by atoms with E-state index in [1.54, 1.807) is 0 Å². The molecule has 2 rings (SSSR count). The van der Waals surface area contributed by atoms with Crippen molar-refractivity contribution in [2.24, 2.45) is 5.73 Å². The summed E-state index contributed by atoms with van der Waals surface area (Å²) in [6.07, 6.45) is 4.34. The fraction of sp³-hybridized carbons (Fsp3) is 0.579. The van der Waals surface area contributed by atoms with Crippen LogP contribution in [-0.2, 0) is 9.59 Å². The first-order valence-electron chi connectivity index (χ1n) is 9.27. The Hall–Kier alpha value is -2.08. The molecule has 1 aromatic carbocycles. The number of rotatable bonds is 8. The van der Waals surface area contributed by atoms with E-state index in [1.165, 1.54) is 12.8 Å². The first-order valence-corrected chi connectivity index (χ1v) is 9.27. The maximum Gasteiger partial charge on any atom is 0.246 e. The van der Waals surface area contributed by atoms with Crippen molar-refractivity contribution in [1.82, 2.24) is 5.32 Å². The van der Waals surface area contributed by atoms with Crippen molar-refractivity contribution in [2.75, 3.05) is 23.3 Å². The van der Waals surface area contributed by atoms with Gasteiger partial charge >= 0.3 is 0 Å². The second kappa shape index (κ2) is 9.42. The van der Waals surface area contributed by atoms with Crippen molar-refractivity contribution in [3.05, 3.63) is 24.3 Å². The zero-order valence-corrected chi connectivity index (χ0v) is 15.3. The highest BCUT2D eigenvalue weighted by atomic mass is 16.2. The molecule has 1 saturated heterocycles. The summed E-state index contributed by atoms with van der Waals surface area (Å²) in [5.41, 5.74) is 7.63. The summed E-state index contributed by atoms with van der Waals surface area (Å²) in [6.45, 7) is 5.95. The first-order chi connectivity index (χ1) is 12.0. The lowest BCUT2D eigenvalue weighted by Crippen LogP contribution is -2.49. The number of nitrogens with zero attached hydrogens (tertiary/aromatic N) is 1. The molecule has 6 heteroatoms. The lowest BCUT2D eigenvalue weighted by Gasteiger charge is -2.21. The van der Waals surface area contributed by atoms with Gasteiger partial charge in [-0.3, -0.25) is 9.59 Å². The van der Waals surface area contributed by atoms with E-state index in [0.29, 0.717) is 12.8 Å². The Morgan fingerprint density at radius 2 is 1.92 bits per heavy atom. The van der Waals surface area contributed by atoms with E-state index in [1.807, 2.05) is 32.0 Å². The molecule has 1 aromatic rings. The van der Waals surface area contributed by atoms with Crippen molar-refractivity contribution in [3.8, 4) is 0 Å². The van der Waals surface area contributed by atoms with E-state index in [0.717, 1.165) is 30.9 Å². The highest BCUT2D eigenvalue weighted by Crippen LogP contribution is 2.23. The van der Waals surface area contributed by atoms with E-state index < -0.39 is 12.1 Å². The van der Waals surface area contributed by atoms with Crippen LogP contribution in [0.4, 0.5) is 11.4 Å². The van der Waals surface area contributed by atoms with Gasteiger partial charge in [0.15, 0.2) is 0 Å². The molecule has 0 bridgehead atoms. The van der Waals surface area contributed by atoms with Crippen molar-refractivity contribution < 1.29 is 9.59 Å². The Bertz CT molecular complexity index is 585. The van der Waals surface area contributed by atoms with Gasteiger partial charge < -0.3 is 21.3 Å². The van der Waals surface area contributed by atoms with Gasteiger partial charge in [0, 0.05) is 24.5 Å². The number of nitrogens with one attached hydrogen (secondary N) is 2. The molecular formula is C19H30N4O2. The average molecular weight is 346 g/mol. The third kappa shape index (κ3) is 5.46. The zero-order valence-electron chi connectivity index (χ0n) is 15.3. The van der Waals surface area contributed by atoms with E-state index in [2.05, 4.69) is 21.6 Å². The molecule has 4 N–H and O–H groups in total. The summed E-state index contributed by atoms with van der Waals surface area (Å²) >= 11 is 0. The van der Waals surface area contributed by atoms with Gasteiger partial charge in [0.2, 0.25) is 11.8 Å². The van der Waals surface area contributed by atoms with Crippen LogP contribution in [0.5, 0.6) is 0 Å². The van der Waals surface area contributed by atoms with Gasteiger partial charge in [0.1, 0.15) is 6.04 Å². The monoisotopic (exact) mass is 346 g/mol. The van der Waals surface area contributed by atoms with Gasteiger partial charge in [-0.2, -0.15) is 0 Å². The summed E-state index contributed by atoms with van der Waals surface area (Å²) in [6, 6.07) is 6.73. The van der Waals surface area contributed by atoms with Crippen LogP contribution in [0, 0.1) is 0 Å². The summed E-state index contributed by atoms with van der Waals surface area (Å²) in [7, 11) is 0. The molecule has 0 aliphatic carbocycles. The SMILES string of the molecule is CCCC(NC(=O)[C@@H](N)CC)C(=O)Nc1cccc(N2CCCC2)c1. The smallest absolute Gasteiger partial charge is 0.246 e. The largest absolute Gasteiger partial charge is 0.371 e. The number of hydrogen-bond acceptors (Lipinski definition) is 4. The number of benzene rings is 1. The molecule has 6 nitrogen and oxygen atoms in total. The van der Waals surface area contributed by atoms with Crippen LogP contribution in [0.1, 0.15) is 46.0 Å². The molecule has 25 heavy (non-hydrogen) atoms. The molecule has 0 spiro atoms. The van der Waals surface area contributed by atoms with Crippen molar-refractivity contribution in [1.29, 1.82) is 0 Å². The Morgan fingerprint density at radius 1 is 1.20 bits per heavy atom. The number of hydrogen-bond donors (Lipinski definition) is 3. The van der Waals surface area contributed by atoms with Crippen LogP contribution < -0.4 is 21.3 Å². The van der Waals surface area contributed by atoms with E-state index in [-0.39, 0.29) is 11.8 Å². The second-order valence-electron chi connectivity index (χ2n) is 6.60. The molecule has 0 radical (unpaired) electrons. The summed E-state index contributed by atoms with van der Waals surface area (Å²) in [5, 5.41) is 5.70. The molecule has 0 saturated carbocycles. The van der Waals surface area contributed by atoms with Gasteiger partial charge in [0.25, 0.3) is 0 Å². The van der Waals surface area contributed by atoms with E-state index in [9.17, 15) is 9.59 Å². The average Bonchev–Trinajstić information content (AvgIpc) is 3.15. The molecule has 1 heterocycles. The van der Waals surface area contributed by atoms with Gasteiger partial charge in [-0.05, 0) is 43.9 Å². The fourth-order valence-corrected chi connectivity index (χ4v) is 3.01. The minimum atomic E-state index is -0.578.